The Morgan fingerprint density at radius 3 is 2.60 bits per heavy atom. The first kappa shape index (κ1) is 16.1. The summed E-state index contributed by atoms with van der Waals surface area (Å²) in [5.74, 6) is 4.62. The van der Waals surface area contributed by atoms with Crippen LogP contribution in [-0.4, -0.2) is 48.9 Å². The van der Waals surface area contributed by atoms with Crippen molar-refractivity contribution in [3.8, 4) is 11.8 Å². The molecule has 1 rings (SSSR count). The lowest BCUT2D eigenvalue weighted by Crippen LogP contribution is -2.07. The Balaban J connectivity index is 2.39. The van der Waals surface area contributed by atoms with Gasteiger partial charge in [-0.1, -0.05) is 11.8 Å². The third-order valence-electron chi connectivity index (χ3n) is 2.01. The molecule has 108 valence electrons. The average molecular weight is 298 g/mol. The Morgan fingerprint density at radius 1 is 1.40 bits per heavy atom. The van der Waals surface area contributed by atoms with E-state index in [0.29, 0.717) is 25.0 Å². The maximum atomic E-state index is 11.1. The number of nitrogens with zero attached hydrogens (tertiary/aromatic N) is 2. The summed E-state index contributed by atoms with van der Waals surface area (Å²) < 4.78 is 27.1. The molecule has 0 spiro atoms. The fourth-order valence-corrected chi connectivity index (χ4v) is 1.65. The summed E-state index contributed by atoms with van der Waals surface area (Å²) in [7, 11) is -3.40. The number of hydrogen-bond acceptors (Lipinski definition) is 6. The van der Waals surface area contributed by atoms with Crippen molar-refractivity contribution in [2.75, 3.05) is 19.5 Å². The summed E-state index contributed by atoms with van der Waals surface area (Å²) in [6, 6.07) is 0. The third kappa shape index (κ3) is 6.26. The van der Waals surface area contributed by atoms with E-state index in [9.17, 15) is 13.2 Å². The van der Waals surface area contributed by atoms with Crippen molar-refractivity contribution in [3.05, 3.63) is 18.0 Å². The monoisotopic (exact) mass is 298 g/mol. The average Bonchev–Trinajstić information content (AvgIpc) is 2.37. The van der Waals surface area contributed by atoms with Crippen LogP contribution >= 0.6 is 0 Å². The standard InChI is InChI=1S/C12H14N2O5S/c1-20(17,18)12-13-7-10(8-14-12)5-3-2-4-6-19-9-11(15)16/h7-8H,2,4,6,9H2,1H3,(H,15,16). The summed E-state index contributed by atoms with van der Waals surface area (Å²) in [6.07, 6.45) is 4.87. The number of carbonyl (C=O) groups is 1. The van der Waals surface area contributed by atoms with E-state index in [4.69, 9.17) is 9.84 Å². The maximum absolute atomic E-state index is 11.1. The molecule has 1 heterocycles. The van der Waals surface area contributed by atoms with E-state index in [1.165, 1.54) is 12.4 Å². The van der Waals surface area contributed by atoms with Crippen LogP contribution in [0.25, 0.3) is 0 Å². The number of aliphatic carboxylic acids is 1. The van der Waals surface area contributed by atoms with Gasteiger partial charge in [0, 0.05) is 31.7 Å². The highest BCUT2D eigenvalue weighted by atomic mass is 32.2. The van der Waals surface area contributed by atoms with Crippen LogP contribution in [0.4, 0.5) is 0 Å². The summed E-state index contributed by atoms with van der Waals surface area (Å²) in [5.41, 5.74) is 0.517. The highest BCUT2D eigenvalue weighted by molar-refractivity contribution is 7.90. The van der Waals surface area contributed by atoms with Gasteiger partial charge in [-0.2, -0.15) is 0 Å². The van der Waals surface area contributed by atoms with Gasteiger partial charge in [0.2, 0.25) is 15.0 Å². The van der Waals surface area contributed by atoms with Crippen LogP contribution in [0.1, 0.15) is 18.4 Å². The van der Waals surface area contributed by atoms with Crippen molar-refractivity contribution >= 4 is 15.8 Å². The number of sulfone groups is 1. The zero-order valence-electron chi connectivity index (χ0n) is 10.9. The van der Waals surface area contributed by atoms with E-state index in [0.717, 1.165) is 6.26 Å². The summed E-state index contributed by atoms with van der Waals surface area (Å²) >= 11 is 0. The van der Waals surface area contributed by atoms with Gasteiger partial charge in [0.05, 0.1) is 5.56 Å². The Hall–Kier alpha value is -1.98. The minimum absolute atomic E-state index is 0.231. The van der Waals surface area contributed by atoms with Crippen LogP contribution in [0.5, 0.6) is 0 Å². The minimum Gasteiger partial charge on any atom is -0.480 e. The molecule has 1 N–H and O–H groups in total. The molecular weight excluding hydrogens is 284 g/mol. The van der Waals surface area contributed by atoms with E-state index in [-0.39, 0.29) is 11.8 Å². The van der Waals surface area contributed by atoms with Gasteiger partial charge in [0.1, 0.15) is 6.61 Å². The molecule has 0 unspecified atom stereocenters. The molecule has 0 aromatic carbocycles. The molecule has 0 amide bonds. The molecule has 0 fully saturated rings. The SMILES string of the molecule is CS(=O)(=O)c1ncc(C#CCCCOCC(=O)O)cn1. The normalized spacial score (nSPS) is 10.7. The van der Waals surface area contributed by atoms with Crippen LogP contribution in [0.15, 0.2) is 17.6 Å². The molecule has 0 aliphatic rings. The van der Waals surface area contributed by atoms with E-state index >= 15 is 0 Å². The van der Waals surface area contributed by atoms with E-state index in [1.807, 2.05) is 0 Å². The number of carboxylic acid groups (broad SMARTS) is 1. The molecule has 8 heteroatoms. The van der Waals surface area contributed by atoms with E-state index in [2.05, 4.69) is 21.8 Å². The number of aromatic nitrogens is 2. The Labute approximate surface area is 116 Å². The number of carboxylic acids is 1. The molecule has 0 radical (unpaired) electrons. The van der Waals surface area contributed by atoms with E-state index in [1.54, 1.807) is 0 Å². The molecule has 0 saturated heterocycles. The summed E-state index contributed by atoms with van der Waals surface area (Å²) in [6.45, 7) is 0.0126. The second-order valence-electron chi connectivity index (χ2n) is 3.88. The van der Waals surface area contributed by atoms with Gasteiger partial charge in [0.25, 0.3) is 0 Å². The Bertz CT molecular complexity index is 613. The Kier molecular flexibility index (Phi) is 6.09. The summed E-state index contributed by atoms with van der Waals surface area (Å²) in [4.78, 5) is 17.6. The topological polar surface area (TPSA) is 106 Å². The van der Waals surface area contributed by atoms with Crippen molar-refractivity contribution in [1.82, 2.24) is 9.97 Å². The van der Waals surface area contributed by atoms with Gasteiger partial charge in [-0.05, 0) is 6.42 Å². The second kappa shape index (κ2) is 7.57. The lowest BCUT2D eigenvalue weighted by Gasteiger charge is -1.97. The van der Waals surface area contributed by atoms with E-state index < -0.39 is 15.8 Å². The number of unbranched alkanes of at least 4 members (excludes halogenated alkanes) is 1. The van der Waals surface area contributed by atoms with Gasteiger partial charge in [0.15, 0.2) is 0 Å². The highest BCUT2D eigenvalue weighted by Gasteiger charge is 2.09. The van der Waals surface area contributed by atoms with Gasteiger partial charge in [-0.25, -0.2) is 23.2 Å². The Morgan fingerprint density at radius 2 is 2.05 bits per heavy atom. The molecule has 1 aromatic rings. The van der Waals surface area contributed by atoms with Crippen LogP contribution < -0.4 is 0 Å². The molecule has 0 atom stereocenters. The first-order chi connectivity index (χ1) is 9.39. The molecule has 0 saturated carbocycles. The quantitative estimate of drug-likeness (QED) is 0.451. The predicted molar refractivity (Wildman–Crippen MR) is 69.7 cm³/mol. The number of rotatable bonds is 6. The fraction of sp³-hybridized carbons (Fsp3) is 0.417. The van der Waals surface area contributed by atoms with Crippen LogP contribution in [0, 0.1) is 11.8 Å². The van der Waals surface area contributed by atoms with Crippen molar-refractivity contribution in [2.45, 2.75) is 18.0 Å². The van der Waals surface area contributed by atoms with Gasteiger partial charge < -0.3 is 9.84 Å². The maximum Gasteiger partial charge on any atom is 0.329 e. The van der Waals surface area contributed by atoms with Crippen LogP contribution in [0.3, 0.4) is 0 Å². The molecule has 0 aliphatic heterocycles. The largest absolute Gasteiger partial charge is 0.480 e. The van der Waals surface area contributed by atoms with Crippen LogP contribution in [-0.2, 0) is 19.4 Å². The van der Waals surface area contributed by atoms with Gasteiger partial charge >= 0.3 is 5.97 Å². The third-order valence-corrected chi connectivity index (χ3v) is 2.88. The minimum atomic E-state index is -3.40. The van der Waals surface area contributed by atoms with Crippen molar-refractivity contribution < 1.29 is 23.1 Å². The fourth-order valence-electron chi connectivity index (χ4n) is 1.16. The molecule has 0 bridgehead atoms. The van der Waals surface area contributed by atoms with Gasteiger partial charge in [-0.3, -0.25) is 0 Å². The first-order valence-corrected chi connectivity index (χ1v) is 7.59. The zero-order valence-corrected chi connectivity index (χ0v) is 11.7. The molecule has 1 aromatic heterocycles. The highest BCUT2D eigenvalue weighted by Crippen LogP contribution is 2.01. The first-order valence-electron chi connectivity index (χ1n) is 5.70. The van der Waals surface area contributed by atoms with Gasteiger partial charge in [-0.15, -0.1) is 0 Å². The molecule has 0 aliphatic carbocycles. The number of hydrogen-bond donors (Lipinski definition) is 1. The zero-order chi connectivity index (χ0) is 15.0. The van der Waals surface area contributed by atoms with Crippen molar-refractivity contribution in [2.24, 2.45) is 0 Å². The lowest BCUT2D eigenvalue weighted by atomic mass is 10.3. The van der Waals surface area contributed by atoms with Crippen molar-refractivity contribution in [1.29, 1.82) is 0 Å². The number of ether oxygens (including phenoxy) is 1. The lowest BCUT2D eigenvalue weighted by molar-refractivity contribution is -0.142. The smallest absolute Gasteiger partial charge is 0.329 e. The molecule has 7 nitrogen and oxygen atoms in total. The second-order valence-corrected chi connectivity index (χ2v) is 5.79. The predicted octanol–water partition coefficient (Wildman–Crippen LogP) is 0.113. The van der Waals surface area contributed by atoms with Crippen molar-refractivity contribution in [3.63, 3.8) is 0 Å². The van der Waals surface area contributed by atoms with Crippen LogP contribution in [0.2, 0.25) is 0 Å². The molecule has 20 heavy (non-hydrogen) atoms. The summed E-state index contributed by atoms with van der Waals surface area (Å²) in [5, 5.41) is 8.10. The molecular formula is C12H14N2O5S.